The van der Waals surface area contributed by atoms with Gasteiger partial charge in [-0.1, -0.05) is 40.5 Å². The van der Waals surface area contributed by atoms with Gasteiger partial charge in [-0.2, -0.15) is 0 Å². The zero-order chi connectivity index (χ0) is 23.8. The summed E-state index contributed by atoms with van der Waals surface area (Å²) in [5.74, 6) is -1.38. The first-order chi connectivity index (χ1) is 13.1. The lowest BCUT2D eigenvalue weighted by Gasteiger charge is -2.47. The highest BCUT2D eigenvalue weighted by atomic mass is 16.1. The van der Waals surface area contributed by atoms with Crippen LogP contribution in [0.4, 0.5) is 0 Å². The lowest BCUT2D eigenvalue weighted by atomic mass is 9.58. The molecule has 0 saturated carbocycles. The van der Waals surface area contributed by atoms with Crippen LogP contribution in [0.5, 0.6) is 0 Å². The van der Waals surface area contributed by atoms with Crippen molar-refractivity contribution >= 4 is 5.78 Å². The van der Waals surface area contributed by atoms with E-state index >= 15 is 0 Å². The Morgan fingerprint density at radius 2 is 2.05 bits per heavy atom. The molecule has 1 atom stereocenters. The minimum Gasteiger partial charge on any atom is -0.295 e. The number of hydrogen-bond donors (Lipinski definition) is 0. The van der Waals surface area contributed by atoms with Crippen LogP contribution >= 0.6 is 0 Å². The normalized spacial score (nSPS) is 34.3. The van der Waals surface area contributed by atoms with Crippen molar-refractivity contribution in [3.8, 4) is 0 Å². The van der Waals surface area contributed by atoms with E-state index < -0.39 is 71.9 Å². The molecule has 0 amide bonds. The molecule has 0 N–H and O–H groups in total. The first-order valence-corrected chi connectivity index (χ1v) is 6.33. The number of carbonyl (C=O) groups is 1. The van der Waals surface area contributed by atoms with Crippen molar-refractivity contribution in [3.63, 3.8) is 0 Å². The molecule has 1 aliphatic carbocycles. The van der Waals surface area contributed by atoms with Crippen LogP contribution in [0.25, 0.3) is 0 Å². The Kier molecular flexibility index (Phi) is 1.26. The molecule has 0 aliphatic heterocycles. The maximum Gasteiger partial charge on any atom is 0.160 e. The maximum absolute atomic E-state index is 12.4. The van der Waals surface area contributed by atoms with Gasteiger partial charge in [0.15, 0.2) is 5.78 Å². The molecule has 104 valence electrons. The third kappa shape index (κ3) is 2.13. The van der Waals surface area contributed by atoms with Crippen LogP contribution in [0, 0.1) is 12.8 Å². The van der Waals surface area contributed by atoms with E-state index in [4.69, 9.17) is 15.1 Å². The lowest BCUT2D eigenvalue weighted by Crippen LogP contribution is -2.40. The van der Waals surface area contributed by atoms with Crippen molar-refractivity contribution in [1.29, 1.82) is 0 Å². The molecule has 0 bridgehead atoms. The van der Waals surface area contributed by atoms with Crippen molar-refractivity contribution in [3.05, 3.63) is 34.3 Å². The molecule has 0 radical (unpaired) electrons. The number of hydrogen-bond acceptors (Lipinski definition) is 1. The van der Waals surface area contributed by atoms with Crippen LogP contribution in [-0.2, 0) is 10.8 Å². The van der Waals surface area contributed by atoms with E-state index in [0.29, 0.717) is 0 Å². The van der Waals surface area contributed by atoms with Crippen molar-refractivity contribution in [2.75, 3.05) is 0 Å². The van der Waals surface area contributed by atoms with Crippen LogP contribution < -0.4 is 0 Å². The van der Waals surface area contributed by atoms with Gasteiger partial charge < -0.3 is 0 Å². The number of rotatable bonds is 1. The molecular weight excluding hydrogens is 232 g/mol. The fourth-order valence-corrected chi connectivity index (χ4v) is 2.63. The predicted octanol–water partition coefficient (Wildman–Crippen LogP) is 4.79. The number of fused-ring (bicyclic) bond motifs is 1. The Morgan fingerprint density at radius 3 is 2.58 bits per heavy atom. The topological polar surface area (TPSA) is 17.1 Å². The molecule has 1 aromatic carbocycles. The summed E-state index contributed by atoms with van der Waals surface area (Å²) in [5.41, 5.74) is -5.25. The van der Waals surface area contributed by atoms with Gasteiger partial charge in [-0.3, -0.25) is 4.79 Å². The van der Waals surface area contributed by atoms with Gasteiger partial charge in [0.25, 0.3) is 0 Å². The van der Waals surface area contributed by atoms with E-state index in [9.17, 15) is 4.79 Å². The summed E-state index contributed by atoms with van der Waals surface area (Å²) in [7, 11) is 0. The Balaban J connectivity index is 3.32. The summed E-state index contributed by atoms with van der Waals surface area (Å²) in [6, 6.07) is -1.30. The summed E-state index contributed by atoms with van der Waals surface area (Å²) < 4.78 is 89.7. The van der Waals surface area contributed by atoms with Gasteiger partial charge >= 0.3 is 0 Å². The second-order valence-electron chi connectivity index (χ2n) is 6.04. The molecule has 0 aromatic heterocycles. The Morgan fingerprint density at radius 1 is 1.37 bits per heavy atom. The van der Waals surface area contributed by atoms with Gasteiger partial charge in [0.2, 0.25) is 0 Å². The molecule has 1 aromatic rings. The molecule has 1 aliphatic rings. The average Bonchev–Trinajstić information content (AvgIpc) is 2.48. The molecule has 0 spiro atoms. The Bertz CT molecular complexity index is 874. The van der Waals surface area contributed by atoms with Crippen LogP contribution in [0.2, 0.25) is 0 Å². The van der Waals surface area contributed by atoms with Crippen molar-refractivity contribution < 1.29 is 19.9 Å². The SMILES string of the molecule is [2H]c1c(C([2H])([2H])[2H])c(C(C)=O)c([2H])c2c1C(C)(C)C(C)CC2(C([2H])([2H])[2H])C([2H])([2H])[2H]. The zero-order valence-electron chi connectivity index (χ0n) is 22.7. The minimum absolute atomic E-state index is 0.0883. The second-order valence-corrected chi connectivity index (χ2v) is 6.04. The van der Waals surface area contributed by atoms with Gasteiger partial charge in [0, 0.05) is 17.9 Å². The fraction of sp³-hybridized carbons (Fsp3) is 0.611. The Labute approximate surface area is 132 Å². The highest BCUT2D eigenvalue weighted by molar-refractivity contribution is 5.96. The van der Waals surface area contributed by atoms with E-state index in [-0.39, 0.29) is 12.0 Å². The van der Waals surface area contributed by atoms with Crippen LogP contribution in [0.15, 0.2) is 12.1 Å². The highest BCUT2D eigenvalue weighted by Gasteiger charge is 2.42. The molecule has 0 saturated heterocycles. The summed E-state index contributed by atoms with van der Waals surface area (Å²) in [6.07, 6.45) is -0.324. The van der Waals surface area contributed by atoms with Gasteiger partial charge in [-0.05, 0) is 59.7 Å². The maximum atomic E-state index is 12.4. The van der Waals surface area contributed by atoms with Crippen LogP contribution in [0.3, 0.4) is 0 Å². The molecule has 1 unspecified atom stereocenters. The van der Waals surface area contributed by atoms with Gasteiger partial charge in [0.1, 0.15) is 0 Å². The molecule has 1 heteroatoms. The monoisotopic (exact) mass is 269 g/mol. The molecule has 0 heterocycles. The van der Waals surface area contributed by atoms with E-state index in [0.717, 1.165) is 6.92 Å². The molecule has 1 nitrogen and oxygen atoms in total. The number of Topliss-reactive ketones (excluding diaryl/α,β-unsaturated/α-hetero) is 1. The third-order valence-corrected chi connectivity index (χ3v) is 4.27. The number of ketones is 1. The lowest BCUT2D eigenvalue weighted by molar-refractivity contribution is 0.101. The van der Waals surface area contributed by atoms with E-state index in [1.165, 1.54) is 0 Å². The Hall–Kier alpha value is -1.11. The smallest absolute Gasteiger partial charge is 0.160 e. The van der Waals surface area contributed by atoms with Crippen molar-refractivity contribution in [2.24, 2.45) is 5.92 Å². The summed E-state index contributed by atoms with van der Waals surface area (Å²) in [4.78, 5) is 12.4. The quantitative estimate of drug-likeness (QED) is 0.670. The van der Waals surface area contributed by atoms with Crippen molar-refractivity contribution in [1.82, 2.24) is 0 Å². The minimum atomic E-state index is -3.09. The van der Waals surface area contributed by atoms with Gasteiger partial charge in [-0.15, -0.1) is 0 Å². The largest absolute Gasteiger partial charge is 0.295 e. The van der Waals surface area contributed by atoms with Crippen molar-refractivity contribution in [2.45, 2.75) is 65.5 Å². The summed E-state index contributed by atoms with van der Waals surface area (Å²) >= 11 is 0. The summed E-state index contributed by atoms with van der Waals surface area (Å²) in [6.45, 7) is -3.06. The van der Waals surface area contributed by atoms with E-state index in [2.05, 4.69) is 0 Å². The van der Waals surface area contributed by atoms with Crippen LogP contribution in [-0.4, -0.2) is 5.78 Å². The summed E-state index contributed by atoms with van der Waals surface area (Å²) in [5, 5.41) is 0. The van der Waals surface area contributed by atoms with E-state index in [1.54, 1.807) is 20.8 Å². The number of benzene rings is 1. The first-order valence-electron chi connectivity index (χ1n) is 11.8. The zero-order valence-corrected chi connectivity index (χ0v) is 11.7. The third-order valence-electron chi connectivity index (χ3n) is 4.27. The fourth-order valence-electron chi connectivity index (χ4n) is 2.63. The average molecular weight is 269 g/mol. The molecule has 19 heavy (non-hydrogen) atoms. The highest BCUT2D eigenvalue weighted by Crippen LogP contribution is 2.49. The van der Waals surface area contributed by atoms with Crippen LogP contribution in [0.1, 0.15) is 89.9 Å². The number of carbonyl (C=O) groups excluding carboxylic acids is 1. The van der Waals surface area contributed by atoms with Gasteiger partial charge in [0.05, 0.1) is 2.74 Å². The molecular formula is C18H26O. The first kappa shape index (κ1) is 5.71. The molecule has 0 fully saturated rings. The standard InChI is InChI=1S/C18H26O/c1-11-8-16-15(9-14(11)13(3)19)17(4,5)10-12(2)18(16,6)7/h8-9,12H,10H2,1-7H3/i1D3,4D3,5D3,8D,9D. The van der Waals surface area contributed by atoms with E-state index in [1.807, 2.05) is 0 Å². The predicted molar refractivity (Wildman–Crippen MR) is 81.0 cm³/mol. The second kappa shape index (κ2) is 4.19. The van der Waals surface area contributed by atoms with Gasteiger partial charge in [-0.25, -0.2) is 0 Å². The molecule has 2 rings (SSSR count).